The highest BCUT2D eigenvalue weighted by Crippen LogP contribution is 2.14. The number of phenols is 1. The molecule has 5 nitrogen and oxygen atoms in total. The molecule has 0 aromatic heterocycles. The first-order valence-corrected chi connectivity index (χ1v) is 7.25. The van der Waals surface area contributed by atoms with E-state index in [1.807, 2.05) is 24.3 Å². The Hall–Kier alpha value is -2.60. The highest BCUT2D eigenvalue weighted by molar-refractivity contribution is 7.80. The summed E-state index contributed by atoms with van der Waals surface area (Å²) in [7, 11) is 0. The molecule has 114 valence electrons. The van der Waals surface area contributed by atoms with Gasteiger partial charge >= 0.3 is 0 Å². The van der Waals surface area contributed by atoms with Crippen LogP contribution >= 0.6 is 12.2 Å². The molecule has 2 aromatic carbocycles. The second kappa shape index (κ2) is 7.42. The minimum absolute atomic E-state index is 0.0872. The van der Waals surface area contributed by atoms with Crippen LogP contribution in [0.1, 0.15) is 22.8 Å². The van der Waals surface area contributed by atoms with Crippen LogP contribution in [0.5, 0.6) is 5.75 Å². The van der Waals surface area contributed by atoms with E-state index >= 15 is 0 Å². The van der Waals surface area contributed by atoms with Gasteiger partial charge in [0.1, 0.15) is 5.75 Å². The van der Waals surface area contributed by atoms with Crippen LogP contribution < -0.4 is 16.2 Å². The maximum absolute atomic E-state index is 11.9. The minimum Gasteiger partial charge on any atom is -0.507 e. The van der Waals surface area contributed by atoms with E-state index in [2.05, 4.69) is 23.1 Å². The summed E-state index contributed by atoms with van der Waals surface area (Å²) in [5, 5.41) is 12.8. The number of carbonyl (C=O) groups excluding carboxylic acids is 1. The van der Waals surface area contributed by atoms with E-state index in [0.29, 0.717) is 0 Å². The third-order valence-electron chi connectivity index (χ3n) is 3.06. The van der Waals surface area contributed by atoms with Gasteiger partial charge in [0.15, 0.2) is 5.11 Å². The number of hydrogen-bond acceptors (Lipinski definition) is 3. The van der Waals surface area contributed by atoms with E-state index in [4.69, 9.17) is 12.2 Å². The van der Waals surface area contributed by atoms with Crippen molar-refractivity contribution in [1.82, 2.24) is 10.9 Å². The van der Waals surface area contributed by atoms with Crippen molar-refractivity contribution in [3.63, 3.8) is 0 Å². The van der Waals surface area contributed by atoms with Crippen molar-refractivity contribution in [2.24, 2.45) is 0 Å². The zero-order valence-electron chi connectivity index (χ0n) is 12.1. The fourth-order valence-corrected chi connectivity index (χ4v) is 2.00. The van der Waals surface area contributed by atoms with E-state index < -0.39 is 5.91 Å². The number of amides is 1. The Balaban J connectivity index is 1.87. The molecule has 0 aliphatic rings. The lowest BCUT2D eigenvalue weighted by Crippen LogP contribution is -2.43. The van der Waals surface area contributed by atoms with Gasteiger partial charge in [0.05, 0.1) is 5.56 Å². The van der Waals surface area contributed by atoms with Crippen molar-refractivity contribution < 1.29 is 9.90 Å². The molecule has 0 saturated carbocycles. The lowest BCUT2D eigenvalue weighted by molar-refractivity contribution is 0.0941. The second-order valence-electron chi connectivity index (χ2n) is 4.60. The summed E-state index contributed by atoms with van der Waals surface area (Å²) in [4.78, 5) is 11.9. The van der Waals surface area contributed by atoms with Crippen LogP contribution in [0.2, 0.25) is 0 Å². The summed E-state index contributed by atoms with van der Waals surface area (Å²) in [6.07, 6.45) is 0.972. The maximum atomic E-state index is 11.9. The summed E-state index contributed by atoms with van der Waals surface area (Å²) in [6.45, 7) is 2.09. The van der Waals surface area contributed by atoms with Gasteiger partial charge in [0.2, 0.25) is 0 Å². The molecule has 0 atom stereocenters. The second-order valence-corrected chi connectivity index (χ2v) is 5.01. The Morgan fingerprint density at radius 1 is 1.09 bits per heavy atom. The molecule has 0 fully saturated rings. The number of nitrogens with one attached hydrogen (secondary N) is 3. The number of benzene rings is 2. The van der Waals surface area contributed by atoms with Crippen molar-refractivity contribution in [2.45, 2.75) is 13.3 Å². The van der Waals surface area contributed by atoms with E-state index in [1.54, 1.807) is 12.1 Å². The molecular weight excluding hydrogens is 298 g/mol. The van der Waals surface area contributed by atoms with Gasteiger partial charge in [-0.1, -0.05) is 31.2 Å². The SMILES string of the molecule is CCc1ccc(NC(=S)NNC(=O)c2ccccc2O)cc1. The smallest absolute Gasteiger partial charge is 0.273 e. The van der Waals surface area contributed by atoms with Crippen LogP contribution in [0.4, 0.5) is 5.69 Å². The largest absolute Gasteiger partial charge is 0.507 e. The van der Waals surface area contributed by atoms with E-state index in [9.17, 15) is 9.90 Å². The maximum Gasteiger partial charge on any atom is 0.273 e. The highest BCUT2D eigenvalue weighted by atomic mass is 32.1. The first-order valence-electron chi connectivity index (χ1n) is 6.84. The third-order valence-corrected chi connectivity index (χ3v) is 3.26. The molecule has 0 aliphatic heterocycles. The van der Waals surface area contributed by atoms with Crippen LogP contribution in [0.3, 0.4) is 0 Å². The molecule has 0 unspecified atom stereocenters. The Morgan fingerprint density at radius 3 is 2.41 bits per heavy atom. The molecule has 2 aromatic rings. The van der Waals surface area contributed by atoms with Crippen LogP contribution in [0.25, 0.3) is 0 Å². The quantitative estimate of drug-likeness (QED) is 0.517. The third kappa shape index (κ3) is 4.20. The molecule has 4 N–H and O–H groups in total. The summed E-state index contributed by atoms with van der Waals surface area (Å²) >= 11 is 5.10. The number of para-hydroxylation sites is 1. The number of hydrogen-bond donors (Lipinski definition) is 4. The molecule has 0 aliphatic carbocycles. The van der Waals surface area contributed by atoms with Crippen LogP contribution in [-0.2, 0) is 6.42 Å². The predicted molar refractivity (Wildman–Crippen MR) is 90.7 cm³/mol. The monoisotopic (exact) mass is 315 g/mol. The molecule has 6 heteroatoms. The highest BCUT2D eigenvalue weighted by Gasteiger charge is 2.09. The fraction of sp³-hybridized carbons (Fsp3) is 0.125. The number of rotatable bonds is 3. The van der Waals surface area contributed by atoms with Crippen molar-refractivity contribution in [3.05, 3.63) is 59.7 Å². The van der Waals surface area contributed by atoms with Gasteiger partial charge in [0, 0.05) is 5.69 Å². The van der Waals surface area contributed by atoms with Crippen LogP contribution in [0, 0.1) is 0 Å². The van der Waals surface area contributed by atoms with Gasteiger partial charge in [-0.05, 0) is 48.5 Å². The number of phenolic OH excluding ortho intramolecular Hbond substituents is 1. The Labute approximate surface area is 134 Å². The number of thiocarbonyl (C=S) groups is 1. The van der Waals surface area contributed by atoms with Gasteiger partial charge in [-0.25, -0.2) is 0 Å². The summed E-state index contributed by atoms with van der Waals surface area (Å²) in [5.74, 6) is -0.556. The van der Waals surface area contributed by atoms with E-state index in [0.717, 1.165) is 12.1 Å². The Kier molecular flexibility index (Phi) is 5.32. The summed E-state index contributed by atoms with van der Waals surface area (Å²) < 4.78 is 0. The molecule has 2 rings (SSSR count). The summed E-state index contributed by atoms with van der Waals surface area (Å²) in [6, 6.07) is 14.1. The number of carbonyl (C=O) groups is 1. The molecule has 0 radical (unpaired) electrons. The van der Waals surface area contributed by atoms with Gasteiger partial charge in [-0.2, -0.15) is 0 Å². The van der Waals surface area contributed by atoms with E-state index in [-0.39, 0.29) is 16.4 Å². The molecule has 0 saturated heterocycles. The van der Waals surface area contributed by atoms with E-state index in [1.165, 1.54) is 17.7 Å². The molecule has 0 spiro atoms. The first-order chi connectivity index (χ1) is 10.6. The predicted octanol–water partition coefficient (Wildman–Crippen LogP) is 2.59. The zero-order valence-corrected chi connectivity index (χ0v) is 12.9. The number of hydrazine groups is 1. The van der Waals surface area contributed by atoms with Crippen LogP contribution in [0.15, 0.2) is 48.5 Å². The van der Waals surface area contributed by atoms with Crippen LogP contribution in [-0.4, -0.2) is 16.1 Å². The Bertz CT molecular complexity index is 671. The van der Waals surface area contributed by atoms with Gasteiger partial charge in [-0.3, -0.25) is 15.6 Å². The topological polar surface area (TPSA) is 73.4 Å². The number of anilines is 1. The van der Waals surface area contributed by atoms with Crippen molar-refractivity contribution in [2.75, 3.05) is 5.32 Å². The average Bonchev–Trinajstić information content (AvgIpc) is 2.54. The molecule has 0 heterocycles. The average molecular weight is 315 g/mol. The number of aromatic hydroxyl groups is 1. The van der Waals surface area contributed by atoms with Gasteiger partial charge in [-0.15, -0.1) is 0 Å². The number of aryl methyl sites for hydroxylation is 1. The standard InChI is InChI=1S/C16H17N3O2S/c1-2-11-7-9-12(10-8-11)17-16(22)19-18-15(21)13-5-3-4-6-14(13)20/h3-10,20H,2H2,1H3,(H,18,21)(H2,17,19,22). The van der Waals surface area contributed by atoms with Crippen molar-refractivity contribution in [1.29, 1.82) is 0 Å². The molecular formula is C16H17N3O2S. The lowest BCUT2D eigenvalue weighted by Gasteiger charge is -2.12. The Morgan fingerprint density at radius 2 is 1.77 bits per heavy atom. The normalized spacial score (nSPS) is 9.86. The fourth-order valence-electron chi connectivity index (χ4n) is 1.83. The zero-order chi connectivity index (χ0) is 15.9. The molecule has 0 bridgehead atoms. The van der Waals surface area contributed by atoms with Crippen molar-refractivity contribution in [3.8, 4) is 5.75 Å². The van der Waals surface area contributed by atoms with Gasteiger partial charge in [0.25, 0.3) is 5.91 Å². The molecule has 22 heavy (non-hydrogen) atoms. The van der Waals surface area contributed by atoms with Gasteiger partial charge < -0.3 is 10.4 Å². The van der Waals surface area contributed by atoms with Crippen molar-refractivity contribution >= 4 is 28.9 Å². The summed E-state index contributed by atoms with van der Waals surface area (Å²) in [5.41, 5.74) is 7.26. The minimum atomic E-state index is -0.469. The first kappa shape index (κ1) is 15.8. The molecule has 1 amide bonds. The lowest BCUT2D eigenvalue weighted by atomic mass is 10.1.